The smallest absolute Gasteiger partial charge is 0.258 e. The van der Waals surface area contributed by atoms with Crippen molar-refractivity contribution in [3.05, 3.63) is 33.3 Å². The van der Waals surface area contributed by atoms with Gasteiger partial charge >= 0.3 is 10.1 Å². The van der Waals surface area contributed by atoms with Crippen LogP contribution in [-0.4, -0.2) is 13.3 Å². The molecule has 75 valence electrons. The lowest BCUT2D eigenvalue weighted by Crippen LogP contribution is -1.98. The molecule has 0 heterocycles. The van der Waals surface area contributed by atoms with Crippen molar-refractivity contribution in [1.29, 1.82) is 0 Å². The number of halogens is 1. The molecule has 0 aliphatic rings. The number of hydrogen-bond acceptors (Lipinski definition) is 4. The van der Waals surface area contributed by atoms with Crippen LogP contribution in [0.25, 0.3) is 0 Å². The van der Waals surface area contributed by atoms with Crippen LogP contribution in [0.15, 0.2) is 23.1 Å². The van der Waals surface area contributed by atoms with E-state index in [1.807, 2.05) is 0 Å². The quantitative estimate of drug-likeness (QED) is 0.572. The van der Waals surface area contributed by atoms with Gasteiger partial charge in [0.15, 0.2) is 0 Å². The molecule has 6 nitrogen and oxygen atoms in total. The zero-order chi connectivity index (χ0) is 10.9. The Balaban J connectivity index is 3.42. The van der Waals surface area contributed by atoms with Gasteiger partial charge in [0.25, 0.3) is 5.69 Å². The van der Waals surface area contributed by atoms with Crippen molar-refractivity contribution in [2.45, 2.75) is 4.90 Å². The van der Waals surface area contributed by atoms with Gasteiger partial charge in [0.2, 0.25) is 0 Å². The van der Waals surface area contributed by atoms with Crippen molar-refractivity contribution in [2.75, 3.05) is 0 Å². The Morgan fingerprint density at radius 1 is 1.36 bits per heavy atom. The van der Waals surface area contributed by atoms with Gasteiger partial charge in [0, 0.05) is 6.07 Å². The summed E-state index contributed by atoms with van der Waals surface area (Å²) in [5, 5.41) is 10.1. The Kier molecular flexibility index (Phi) is 2.74. The molecule has 1 aromatic carbocycles. The number of rotatable bonds is 2. The molecular weight excluding hydrogens is 234 g/mol. The largest absolute Gasteiger partial charge is 0.324 e. The zero-order valence-corrected chi connectivity index (χ0v) is 8.08. The summed E-state index contributed by atoms with van der Waals surface area (Å²) in [5.74, 6) is 0. The van der Waals surface area contributed by atoms with Crippen LogP contribution in [0, 0.1) is 10.1 Å². The Bertz CT molecular complexity index is 483. The van der Waals surface area contributed by atoms with Crippen molar-refractivity contribution in [3.8, 4) is 0 Å². The van der Waals surface area contributed by atoms with Gasteiger partial charge in [-0.05, 0) is 12.1 Å². The molecule has 8 heteroatoms. The summed E-state index contributed by atoms with van der Waals surface area (Å²) in [6.07, 6.45) is 0. The maximum Gasteiger partial charge on any atom is 0.324 e. The molecule has 0 saturated carbocycles. The third-order valence-electron chi connectivity index (χ3n) is 1.40. The Labute approximate surface area is 84.0 Å². The summed E-state index contributed by atoms with van der Waals surface area (Å²) in [5.41, 5.74) is -0.608. The molecule has 0 amide bonds. The zero-order valence-electron chi connectivity index (χ0n) is 6.51. The van der Waals surface area contributed by atoms with E-state index < -0.39 is 25.6 Å². The van der Waals surface area contributed by atoms with Crippen molar-refractivity contribution in [1.82, 2.24) is 0 Å². The highest BCUT2D eigenvalue weighted by Crippen LogP contribution is 2.26. The Morgan fingerprint density at radius 2 is 1.93 bits per heavy atom. The van der Waals surface area contributed by atoms with Gasteiger partial charge in [-0.3, -0.25) is 10.1 Å². The first-order chi connectivity index (χ1) is 6.32. The molecule has 1 rings (SSSR count). The summed E-state index contributed by atoms with van der Waals surface area (Å²) in [6, 6.07) is 2.53. The van der Waals surface area contributed by atoms with E-state index in [-0.39, 0.29) is 5.02 Å². The molecule has 0 spiro atoms. The van der Waals surface area contributed by atoms with Crippen LogP contribution in [0.4, 0.5) is 5.69 Å². The molecule has 0 bridgehead atoms. The minimum absolute atomic E-state index is 0.220. The number of nitro groups is 1. The summed E-state index contributed by atoms with van der Waals surface area (Å²) < 4.78 is 31.5. The third-order valence-corrected chi connectivity index (χ3v) is 2.55. The van der Waals surface area contributed by atoms with Gasteiger partial charge in [-0.1, -0.05) is 16.2 Å². The SMILES string of the molecule is [O]S(=O)(=O)c1ccc(Cl)c([N+](=O)[O-])c1. The molecule has 0 aliphatic carbocycles. The summed E-state index contributed by atoms with van der Waals surface area (Å²) in [7, 11) is -4.69. The van der Waals surface area contributed by atoms with Gasteiger partial charge < -0.3 is 0 Å². The predicted octanol–water partition coefficient (Wildman–Crippen LogP) is 1.37. The van der Waals surface area contributed by atoms with Crippen LogP contribution in [0.1, 0.15) is 0 Å². The standard InChI is InChI=1S/C6H3ClNO5S/c7-5-2-1-4(14(11,12)13)3-6(5)8(9)10/h1-3H. The average Bonchev–Trinajstić information content (AvgIpc) is 2.02. The summed E-state index contributed by atoms with van der Waals surface area (Å²) in [4.78, 5) is 8.79. The molecule has 1 aromatic rings. The van der Waals surface area contributed by atoms with Crippen LogP contribution in [0.5, 0.6) is 0 Å². The lowest BCUT2D eigenvalue weighted by atomic mass is 10.3. The second-order valence-corrected chi connectivity index (χ2v) is 4.11. The maximum absolute atomic E-state index is 10.5. The molecule has 1 radical (unpaired) electrons. The fraction of sp³-hybridized carbons (Fsp3) is 0. The first kappa shape index (κ1) is 10.9. The van der Waals surface area contributed by atoms with Crippen LogP contribution >= 0.6 is 11.6 Å². The maximum atomic E-state index is 10.5. The van der Waals surface area contributed by atoms with Crippen LogP contribution in [0.2, 0.25) is 5.02 Å². The molecule has 0 aliphatic heterocycles. The highest BCUT2D eigenvalue weighted by Gasteiger charge is 2.19. The topological polar surface area (TPSA) is 97.2 Å². The minimum Gasteiger partial charge on any atom is -0.258 e. The van der Waals surface area contributed by atoms with Crippen LogP contribution < -0.4 is 0 Å². The lowest BCUT2D eigenvalue weighted by Gasteiger charge is -1.97. The Hall–Kier alpha value is -1.18. The van der Waals surface area contributed by atoms with Gasteiger partial charge in [-0.25, -0.2) is 0 Å². The van der Waals surface area contributed by atoms with E-state index in [4.69, 9.17) is 11.6 Å². The molecule has 0 aromatic heterocycles. The third kappa shape index (κ3) is 2.19. The van der Waals surface area contributed by atoms with Gasteiger partial charge in [0.05, 0.1) is 4.92 Å². The fourth-order valence-electron chi connectivity index (χ4n) is 0.788. The van der Waals surface area contributed by atoms with Crippen molar-refractivity contribution < 1.29 is 17.9 Å². The number of nitro benzene ring substituents is 1. The van der Waals surface area contributed by atoms with E-state index in [9.17, 15) is 23.1 Å². The molecule has 0 saturated heterocycles. The highest BCUT2D eigenvalue weighted by molar-refractivity contribution is 7.85. The highest BCUT2D eigenvalue weighted by atomic mass is 35.5. The molecule has 0 atom stereocenters. The van der Waals surface area contributed by atoms with Crippen LogP contribution in [0.3, 0.4) is 0 Å². The molecule has 0 fully saturated rings. The van der Waals surface area contributed by atoms with E-state index in [1.165, 1.54) is 0 Å². The molecule has 0 N–H and O–H groups in total. The monoisotopic (exact) mass is 236 g/mol. The first-order valence-electron chi connectivity index (χ1n) is 3.22. The van der Waals surface area contributed by atoms with E-state index in [0.717, 1.165) is 12.1 Å². The molecule has 0 unspecified atom stereocenters. The van der Waals surface area contributed by atoms with Crippen LogP contribution in [-0.2, 0) is 14.7 Å². The summed E-state index contributed by atoms with van der Waals surface area (Å²) >= 11 is 5.40. The lowest BCUT2D eigenvalue weighted by molar-refractivity contribution is -0.384. The second-order valence-electron chi connectivity index (χ2n) is 2.32. The first-order valence-corrected chi connectivity index (χ1v) is 5.01. The number of nitrogens with zero attached hydrogens (tertiary/aromatic N) is 1. The van der Waals surface area contributed by atoms with Gasteiger partial charge in [0.1, 0.15) is 9.92 Å². The number of benzene rings is 1. The van der Waals surface area contributed by atoms with Gasteiger partial charge in [-0.2, -0.15) is 8.42 Å². The summed E-state index contributed by atoms with van der Waals surface area (Å²) in [6.45, 7) is 0. The van der Waals surface area contributed by atoms with Gasteiger partial charge in [-0.15, -0.1) is 0 Å². The van der Waals surface area contributed by atoms with Crippen molar-refractivity contribution in [2.24, 2.45) is 0 Å². The second kappa shape index (κ2) is 3.52. The molecular formula is C6H3ClNO5S. The normalized spacial score (nSPS) is 11.3. The number of hydrogen-bond donors (Lipinski definition) is 0. The predicted molar refractivity (Wildman–Crippen MR) is 46.0 cm³/mol. The minimum atomic E-state index is -4.69. The fourth-order valence-corrected chi connectivity index (χ4v) is 1.47. The van der Waals surface area contributed by atoms with Crippen molar-refractivity contribution >= 4 is 27.4 Å². The van der Waals surface area contributed by atoms with E-state index in [2.05, 4.69) is 0 Å². The van der Waals surface area contributed by atoms with E-state index in [0.29, 0.717) is 6.07 Å². The van der Waals surface area contributed by atoms with E-state index >= 15 is 0 Å². The van der Waals surface area contributed by atoms with Crippen molar-refractivity contribution in [3.63, 3.8) is 0 Å². The Morgan fingerprint density at radius 3 is 2.36 bits per heavy atom. The van der Waals surface area contributed by atoms with E-state index in [1.54, 1.807) is 0 Å². The molecule has 14 heavy (non-hydrogen) atoms. The average molecular weight is 237 g/mol.